The lowest BCUT2D eigenvalue weighted by Gasteiger charge is -2.10. The molecule has 8 heteroatoms. The minimum atomic E-state index is -0.577. The number of ether oxygens (including phenoxy) is 1. The standard InChI is InChI=1S/C23H14Cl4N2O2/c24-17-7-5-15(11-19(17)26)13-31-22-8-6-14(10-20(22)27)9-16(12-28)23(30)29-21-4-2-1-3-18(21)25/h1-11H,13H2,(H,29,30)/b16-9+. The van der Waals surface area contributed by atoms with Crippen molar-refractivity contribution in [2.24, 2.45) is 0 Å². The van der Waals surface area contributed by atoms with Gasteiger partial charge in [-0.05, 0) is 53.6 Å². The Morgan fingerprint density at radius 3 is 2.39 bits per heavy atom. The number of halogens is 4. The second-order valence-electron chi connectivity index (χ2n) is 6.33. The molecule has 0 radical (unpaired) electrons. The summed E-state index contributed by atoms with van der Waals surface area (Å²) < 4.78 is 5.73. The number of hydrogen-bond donors (Lipinski definition) is 1. The van der Waals surface area contributed by atoms with Crippen LogP contribution in [0.1, 0.15) is 11.1 Å². The van der Waals surface area contributed by atoms with Crippen LogP contribution in [-0.4, -0.2) is 5.91 Å². The molecule has 0 bridgehead atoms. The van der Waals surface area contributed by atoms with Crippen molar-refractivity contribution < 1.29 is 9.53 Å². The summed E-state index contributed by atoms with van der Waals surface area (Å²) in [5.74, 6) is -0.129. The zero-order valence-corrected chi connectivity index (χ0v) is 18.9. The Kier molecular flexibility index (Phi) is 7.84. The van der Waals surface area contributed by atoms with Crippen molar-refractivity contribution in [3.05, 3.63) is 97.5 Å². The summed E-state index contributed by atoms with van der Waals surface area (Å²) in [4.78, 5) is 12.4. The molecular formula is C23H14Cl4N2O2. The molecule has 0 saturated heterocycles. The van der Waals surface area contributed by atoms with Gasteiger partial charge in [-0.1, -0.05) is 70.7 Å². The van der Waals surface area contributed by atoms with E-state index in [2.05, 4.69) is 5.32 Å². The molecule has 4 nitrogen and oxygen atoms in total. The Hall–Kier alpha value is -2.68. The van der Waals surface area contributed by atoms with Crippen LogP contribution in [-0.2, 0) is 11.4 Å². The lowest BCUT2D eigenvalue weighted by atomic mass is 10.1. The monoisotopic (exact) mass is 490 g/mol. The van der Waals surface area contributed by atoms with Gasteiger partial charge in [0.1, 0.15) is 24.0 Å². The van der Waals surface area contributed by atoms with Gasteiger partial charge in [0.2, 0.25) is 0 Å². The topological polar surface area (TPSA) is 62.1 Å². The van der Waals surface area contributed by atoms with E-state index in [0.717, 1.165) is 5.56 Å². The van der Waals surface area contributed by atoms with Gasteiger partial charge in [0, 0.05) is 0 Å². The fraction of sp³-hybridized carbons (Fsp3) is 0.0435. The molecule has 31 heavy (non-hydrogen) atoms. The molecule has 1 N–H and O–H groups in total. The Labute approximate surface area is 199 Å². The number of para-hydroxylation sites is 1. The predicted molar refractivity (Wildman–Crippen MR) is 126 cm³/mol. The second-order valence-corrected chi connectivity index (χ2v) is 7.96. The highest BCUT2D eigenvalue weighted by Gasteiger charge is 2.12. The average molecular weight is 492 g/mol. The maximum Gasteiger partial charge on any atom is 0.266 e. The molecule has 0 unspecified atom stereocenters. The van der Waals surface area contributed by atoms with Gasteiger partial charge in [0.15, 0.2) is 0 Å². The van der Waals surface area contributed by atoms with Crippen molar-refractivity contribution in [3.63, 3.8) is 0 Å². The SMILES string of the molecule is N#C/C(=C\c1ccc(OCc2ccc(Cl)c(Cl)c2)c(Cl)c1)C(=O)Nc1ccccc1Cl. The van der Waals surface area contributed by atoms with E-state index in [1.807, 2.05) is 6.07 Å². The van der Waals surface area contributed by atoms with E-state index in [0.29, 0.717) is 37.1 Å². The number of nitrogens with zero attached hydrogens (tertiary/aromatic N) is 1. The van der Waals surface area contributed by atoms with E-state index in [4.69, 9.17) is 51.1 Å². The van der Waals surface area contributed by atoms with Crippen LogP contribution in [0.15, 0.2) is 66.2 Å². The third-order valence-electron chi connectivity index (χ3n) is 4.13. The van der Waals surface area contributed by atoms with Crippen LogP contribution >= 0.6 is 46.4 Å². The highest BCUT2D eigenvalue weighted by Crippen LogP contribution is 2.29. The zero-order valence-electron chi connectivity index (χ0n) is 15.8. The molecule has 3 aromatic carbocycles. The fourth-order valence-electron chi connectivity index (χ4n) is 2.58. The van der Waals surface area contributed by atoms with Gasteiger partial charge in [-0.15, -0.1) is 0 Å². The van der Waals surface area contributed by atoms with Crippen LogP contribution in [0.3, 0.4) is 0 Å². The second kappa shape index (κ2) is 10.6. The number of rotatable bonds is 6. The maximum absolute atomic E-state index is 12.4. The van der Waals surface area contributed by atoms with E-state index < -0.39 is 5.91 Å². The van der Waals surface area contributed by atoms with Crippen LogP contribution in [0.25, 0.3) is 6.08 Å². The molecule has 3 rings (SSSR count). The normalized spacial score (nSPS) is 11.0. The molecule has 156 valence electrons. The molecule has 0 saturated carbocycles. The summed E-state index contributed by atoms with van der Waals surface area (Å²) in [5.41, 5.74) is 1.72. The summed E-state index contributed by atoms with van der Waals surface area (Å²) in [7, 11) is 0. The number of amides is 1. The van der Waals surface area contributed by atoms with Crippen LogP contribution in [0, 0.1) is 11.3 Å². The van der Waals surface area contributed by atoms with Crippen LogP contribution < -0.4 is 10.1 Å². The van der Waals surface area contributed by atoms with Crippen molar-refractivity contribution in [2.75, 3.05) is 5.32 Å². The van der Waals surface area contributed by atoms with Gasteiger partial charge in [0.05, 0.1) is 25.8 Å². The first-order valence-corrected chi connectivity index (χ1v) is 10.4. The van der Waals surface area contributed by atoms with Crippen LogP contribution in [0.5, 0.6) is 5.75 Å². The number of carbonyl (C=O) groups is 1. The Bertz CT molecular complexity index is 1200. The molecule has 1 amide bonds. The molecular weight excluding hydrogens is 478 g/mol. The Morgan fingerprint density at radius 2 is 1.71 bits per heavy atom. The number of nitriles is 1. The van der Waals surface area contributed by atoms with Gasteiger partial charge >= 0.3 is 0 Å². The van der Waals surface area contributed by atoms with Crippen molar-refractivity contribution in [2.45, 2.75) is 6.61 Å². The van der Waals surface area contributed by atoms with Gasteiger partial charge in [-0.2, -0.15) is 5.26 Å². The van der Waals surface area contributed by atoms with E-state index in [1.165, 1.54) is 6.08 Å². The number of carbonyl (C=O) groups excluding carboxylic acids is 1. The smallest absolute Gasteiger partial charge is 0.266 e. The van der Waals surface area contributed by atoms with Crippen LogP contribution in [0.4, 0.5) is 5.69 Å². The highest BCUT2D eigenvalue weighted by molar-refractivity contribution is 6.42. The van der Waals surface area contributed by atoms with Crippen molar-refractivity contribution in [1.29, 1.82) is 5.26 Å². The molecule has 0 spiro atoms. The lowest BCUT2D eigenvalue weighted by Crippen LogP contribution is -2.13. The third-order valence-corrected chi connectivity index (χ3v) is 5.50. The average Bonchev–Trinajstić information content (AvgIpc) is 2.75. The Balaban J connectivity index is 1.72. The van der Waals surface area contributed by atoms with Crippen LogP contribution in [0.2, 0.25) is 20.1 Å². The van der Waals surface area contributed by atoms with E-state index in [9.17, 15) is 10.1 Å². The van der Waals surface area contributed by atoms with Gasteiger partial charge in [-0.25, -0.2) is 0 Å². The molecule has 0 aliphatic carbocycles. The summed E-state index contributed by atoms with van der Waals surface area (Å²) in [6.07, 6.45) is 1.43. The van der Waals surface area contributed by atoms with Gasteiger partial charge < -0.3 is 10.1 Å². The number of hydrogen-bond acceptors (Lipinski definition) is 3. The molecule has 0 atom stereocenters. The summed E-state index contributed by atoms with van der Waals surface area (Å²) in [6.45, 7) is 0.246. The molecule has 0 aliphatic rings. The predicted octanol–water partition coefficient (Wildman–Crippen LogP) is 7.42. The summed E-state index contributed by atoms with van der Waals surface area (Å²) >= 11 is 24.3. The lowest BCUT2D eigenvalue weighted by molar-refractivity contribution is -0.112. The molecule has 3 aromatic rings. The molecule has 0 heterocycles. The first-order valence-electron chi connectivity index (χ1n) is 8.91. The minimum absolute atomic E-state index is 0.0968. The minimum Gasteiger partial charge on any atom is -0.487 e. The fourth-order valence-corrected chi connectivity index (χ4v) is 3.33. The first-order chi connectivity index (χ1) is 14.9. The highest BCUT2D eigenvalue weighted by atomic mass is 35.5. The molecule has 0 aromatic heterocycles. The van der Waals surface area contributed by atoms with E-state index in [1.54, 1.807) is 60.7 Å². The van der Waals surface area contributed by atoms with Crippen molar-refractivity contribution in [3.8, 4) is 11.8 Å². The van der Waals surface area contributed by atoms with E-state index in [-0.39, 0.29) is 12.2 Å². The zero-order chi connectivity index (χ0) is 22.4. The number of nitrogens with one attached hydrogen (secondary N) is 1. The van der Waals surface area contributed by atoms with E-state index >= 15 is 0 Å². The Morgan fingerprint density at radius 1 is 0.935 bits per heavy atom. The number of benzene rings is 3. The number of anilines is 1. The summed E-state index contributed by atoms with van der Waals surface area (Å²) in [6, 6.07) is 18.8. The van der Waals surface area contributed by atoms with Crippen molar-refractivity contribution >= 4 is 64.1 Å². The molecule has 0 aliphatic heterocycles. The third kappa shape index (κ3) is 6.16. The van der Waals surface area contributed by atoms with Gasteiger partial charge in [-0.3, -0.25) is 4.79 Å². The quantitative estimate of drug-likeness (QED) is 0.288. The first kappa shape index (κ1) is 23.0. The largest absolute Gasteiger partial charge is 0.487 e. The summed E-state index contributed by atoms with van der Waals surface area (Å²) in [5, 5.41) is 13.6. The maximum atomic E-state index is 12.4. The van der Waals surface area contributed by atoms with Crippen molar-refractivity contribution in [1.82, 2.24) is 0 Å². The van der Waals surface area contributed by atoms with Gasteiger partial charge in [0.25, 0.3) is 5.91 Å². The molecule has 0 fully saturated rings.